The van der Waals surface area contributed by atoms with Gasteiger partial charge in [-0.15, -0.1) is 0 Å². The molecule has 0 heterocycles. The second-order valence-corrected chi connectivity index (χ2v) is 4.37. The number of rotatable bonds is 6. The Bertz CT molecular complexity index is 265. The van der Waals surface area contributed by atoms with E-state index in [0.717, 1.165) is 19.3 Å². The SMILES string of the molecule is COC1CCCC(N(CC(=O)O)CC(=O)O)C1. The molecule has 17 heavy (non-hydrogen) atoms. The van der Waals surface area contributed by atoms with Crippen LogP contribution in [0.5, 0.6) is 0 Å². The third-order valence-electron chi connectivity index (χ3n) is 3.12. The van der Waals surface area contributed by atoms with Gasteiger partial charge >= 0.3 is 11.9 Å². The molecule has 0 aromatic heterocycles. The van der Waals surface area contributed by atoms with Crippen LogP contribution in [0.4, 0.5) is 0 Å². The van der Waals surface area contributed by atoms with Gasteiger partial charge in [0.25, 0.3) is 0 Å². The Kier molecular flexibility index (Phi) is 5.37. The number of hydrogen-bond acceptors (Lipinski definition) is 4. The Balaban J connectivity index is 2.60. The zero-order valence-electron chi connectivity index (χ0n) is 9.96. The van der Waals surface area contributed by atoms with E-state index in [4.69, 9.17) is 14.9 Å². The van der Waals surface area contributed by atoms with Crippen LogP contribution in [-0.4, -0.2) is 59.4 Å². The van der Waals surface area contributed by atoms with Crippen LogP contribution in [0.1, 0.15) is 25.7 Å². The molecular formula is C11H19NO5. The van der Waals surface area contributed by atoms with E-state index in [0.29, 0.717) is 6.42 Å². The van der Waals surface area contributed by atoms with Crippen molar-refractivity contribution in [1.82, 2.24) is 4.90 Å². The molecule has 2 atom stereocenters. The summed E-state index contributed by atoms with van der Waals surface area (Å²) in [7, 11) is 1.63. The van der Waals surface area contributed by atoms with Crippen LogP contribution < -0.4 is 0 Å². The smallest absolute Gasteiger partial charge is 0.317 e. The van der Waals surface area contributed by atoms with E-state index in [1.807, 2.05) is 0 Å². The standard InChI is InChI=1S/C11H19NO5/c1-17-9-4-2-3-8(5-9)12(6-10(13)14)7-11(15)16/h8-9H,2-7H2,1H3,(H,13,14)(H,15,16). The Labute approximate surface area is 100 Å². The fraction of sp³-hybridized carbons (Fsp3) is 0.818. The summed E-state index contributed by atoms with van der Waals surface area (Å²) >= 11 is 0. The maximum atomic E-state index is 10.7. The minimum atomic E-state index is -0.995. The van der Waals surface area contributed by atoms with Gasteiger partial charge in [-0.25, -0.2) is 0 Å². The Morgan fingerprint density at radius 3 is 2.29 bits per heavy atom. The summed E-state index contributed by atoms with van der Waals surface area (Å²) in [6.45, 7) is -0.458. The lowest BCUT2D eigenvalue weighted by Crippen LogP contribution is -2.45. The molecule has 0 aromatic carbocycles. The fourth-order valence-corrected chi connectivity index (χ4v) is 2.33. The number of carbonyl (C=O) groups is 2. The quantitative estimate of drug-likeness (QED) is 0.705. The molecule has 6 nitrogen and oxygen atoms in total. The van der Waals surface area contributed by atoms with Crippen LogP contribution in [0.3, 0.4) is 0 Å². The summed E-state index contributed by atoms with van der Waals surface area (Å²) in [5, 5.41) is 17.6. The van der Waals surface area contributed by atoms with E-state index < -0.39 is 11.9 Å². The first-order valence-electron chi connectivity index (χ1n) is 5.73. The molecule has 0 spiro atoms. The molecule has 0 saturated heterocycles. The molecule has 0 aromatic rings. The summed E-state index contributed by atoms with van der Waals surface area (Å²) in [5.74, 6) is -1.99. The highest BCUT2D eigenvalue weighted by Gasteiger charge is 2.28. The van der Waals surface area contributed by atoms with E-state index in [2.05, 4.69) is 0 Å². The number of carboxylic acids is 2. The molecule has 0 bridgehead atoms. The van der Waals surface area contributed by atoms with Crippen molar-refractivity contribution in [3.05, 3.63) is 0 Å². The van der Waals surface area contributed by atoms with E-state index in [1.165, 1.54) is 4.90 Å². The van der Waals surface area contributed by atoms with Crippen molar-refractivity contribution in [2.45, 2.75) is 37.8 Å². The van der Waals surface area contributed by atoms with Crippen LogP contribution in [0.2, 0.25) is 0 Å². The molecule has 1 saturated carbocycles. The van der Waals surface area contributed by atoms with E-state index in [1.54, 1.807) is 7.11 Å². The fourth-order valence-electron chi connectivity index (χ4n) is 2.33. The third kappa shape index (κ3) is 4.70. The van der Waals surface area contributed by atoms with Crippen molar-refractivity contribution < 1.29 is 24.5 Å². The summed E-state index contributed by atoms with van der Waals surface area (Å²) in [4.78, 5) is 22.9. The first kappa shape index (κ1) is 13.9. The number of ether oxygens (including phenoxy) is 1. The van der Waals surface area contributed by atoms with Gasteiger partial charge in [0.05, 0.1) is 19.2 Å². The first-order valence-corrected chi connectivity index (χ1v) is 5.73. The van der Waals surface area contributed by atoms with Crippen LogP contribution in [-0.2, 0) is 14.3 Å². The first-order chi connectivity index (χ1) is 8.02. The molecular weight excluding hydrogens is 226 g/mol. The van der Waals surface area contributed by atoms with Gasteiger partial charge in [-0.05, 0) is 25.7 Å². The molecule has 0 aliphatic heterocycles. The van der Waals surface area contributed by atoms with Gasteiger partial charge in [0.1, 0.15) is 0 Å². The van der Waals surface area contributed by atoms with Crippen molar-refractivity contribution in [1.29, 1.82) is 0 Å². The maximum absolute atomic E-state index is 10.7. The Morgan fingerprint density at radius 2 is 1.82 bits per heavy atom. The lowest BCUT2D eigenvalue weighted by atomic mass is 9.91. The summed E-state index contributed by atoms with van der Waals surface area (Å²) in [6.07, 6.45) is 3.55. The van der Waals surface area contributed by atoms with E-state index >= 15 is 0 Å². The van der Waals surface area contributed by atoms with Crippen LogP contribution >= 0.6 is 0 Å². The summed E-state index contributed by atoms with van der Waals surface area (Å²) in [5.41, 5.74) is 0. The van der Waals surface area contributed by atoms with Crippen molar-refractivity contribution in [2.75, 3.05) is 20.2 Å². The van der Waals surface area contributed by atoms with Crippen LogP contribution in [0.15, 0.2) is 0 Å². The van der Waals surface area contributed by atoms with Gasteiger partial charge in [-0.3, -0.25) is 14.5 Å². The monoisotopic (exact) mass is 245 g/mol. The zero-order chi connectivity index (χ0) is 12.8. The highest BCUT2D eigenvalue weighted by Crippen LogP contribution is 2.24. The molecule has 6 heteroatoms. The van der Waals surface area contributed by atoms with Crippen molar-refractivity contribution >= 4 is 11.9 Å². The minimum absolute atomic E-state index is 0.0131. The summed E-state index contributed by atoms with van der Waals surface area (Å²) in [6, 6.07) is -0.0131. The maximum Gasteiger partial charge on any atom is 0.317 e. The highest BCUT2D eigenvalue weighted by atomic mass is 16.5. The molecule has 0 amide bonds. The van der Waals surface area contributed by atoms with Gasteiger partial charge in [0.15, 0.2) is 0 Å². The lowest BCUT2D eigenvalue weighted by Gasteiger charge is -2.35. The van der Waals surface area contributed by atoms with Crippen molar-refractivity contribution in [3.63, 3.8) is 0 Å². The second-order valence-electron chi connectivity index (χ2n) is 4.37. The summed E-state index contributed by atoms with van der Waals surface area (Å²) < 4.78 is 5.26. The molecule has 1 fully saturated rings. The predicted octanol–water partition coefficient (Wildman–Crippen LogP) is 0.415. The molecule has 2 N–H and O–H groups in total. The van der Waals surface area contributed by atoms with Gasteiger partial charge in [-0.2, -0.15) is 0 Å². The number of nitrogens with zero attached hydrogens (tertiary/aromatic N) is 1. The topological polar surface area (TPSA) is 87.1 Å². The minimum Gasteiger partial charge on any atom is -0.480 e. The van der Waals surface area contributed by atoms with Crippen molar-refractivity contribution in [2.24, 2.45) is 0 Å². The molecule has 98 valence electrons. The normalized spacial score (nSPS) is 24.8. The van der Waals surface area contributed by atoms with Gasteiger partial charge in [0.2, 0.25) is 0 Å². The van der Waals surface area contributed by atoms with Gasteiger partial charge < -0.3 is 14.9 Å². The predicted molar refractivity (Wildman–Crippen MR) is 59.9 cm³/mol. The highest BCUT2D eigenvalue weighted by molar-refractivity contribution is 5.72. The molecule has 1 aliphatic carbocycles. The van der Waals surface area contributed by atoms with Crippen molar-refractivity contribution in [3.8, 4) is 0 Å². The average Bonchev–Trinajstić information content (AvgIpc) is 2.27. The lowest BCUT2D eigenvalue weighted by molar-refractivity contribution is -0.143. The second kappa shape index (κ2) is 6.56. The molecule has 0 radical (unpaired) electrons. The number of carboxylic acid groups (broad SMARTS) is 2. The molecule has 1 aliphatic rings. The zero-order valence-corrected chi connectivity index (χ0v) is 9.96. The molecule has 2 unspecified atom stereocenters. The third-order valence-corrected chi connectivity index (χ3v) is 3.12. The molecule has 1 rings (SSSR count). The Hall–Kier alpha value is -1.14. The van der Waals surface area contributed by atoms with E-state index in [-0.39, 0.29) is 25.2 Å². The number of methoxy groups -OCH3 is 1. The number of hydrogen-bond donors (Lipinski definition) is 2. The average molecular weight is 245 g/mol. The largest absolute Gasteiger partial charge is 0.480 e. The van der Waals surface area contributed by atoms with Crippen LogP contribution in [0.25, 0.3) is 0 Å². The van der Waals surface area contributed by atoms with E-state index in [9.17, 15) is 9.59 Å². The van der Waals surface area contributed by atoms with Gasteiger partial charge in [-0.1, -0.05) is 0 Å². The van der Waals surface area contributed by atoms with Gasteiger partial charge in [0, 0.05) is 13.2 Å². The number of aliphatic carboxylic acids is 2. The Morgan fingerprint density at radius 1 is 1.24 bits per heavy atom. The van der Waals surface area contributed by atoms with Crippen LogP contribution in [0, 0.1) is 0 Å².